The lowest BCUT2D eigenvalue weighted by Crippen LogP contribution is -2.23. The van der Waals surface area contributed by atoms with E-state index in [1.165, 1.54) is 11.3 Å². The number of rotatable bonds is 10. The van der Waals surface area contributed by atoms with Crippen LogP contribution < -0.4 is 4.74 Å². The van der Waals surface area contributed by atoms with Gasteiger partial charge in [-0.05, 0) is 56.2 Å². The van der Waals surface area contributed by atoms with Gasteiger partial charge in [0.05, 0.1) is 6.54 Å². The van der Waals surface area contributed by atoms with Crippen molar-refractivity contribution in [2.45, 2.75) is 33.2 Å². The molecule has 0 saturated carbocycles. The third kappa shape index (κ3) is 6.05. The van der Waals surface area contributed by atoms with Crippen molar-refractivity contribution in [3.05, 3.63) is 77.8 Å². The summed E-state index contributed by atoms with van der Waals surface area (Å²) in [5, 5.41) is 9.49. The highest BCUT2D eigenvalue weighted by Crippen LogP contribution is 2.19. The van der Waals surface area contributed by atoms with E-state index >= 15 is 0 Å². The van der Waals surface area contributed by atoms with Crippen LogP contribution in [0.3, 0.4) is 0 Å². The van der Waals surface area contributed by atoms with Crippen LogP contribution in [0.5, 0.6) is 5.75 Å². The zero-order chi connectivity index (χ0) is 20.5. The van der Waals surface area contributed by atoms with Crippen LogP contribution in [0.4, 0.5) is 0 Å². The van der Waals surface area contributed by atoms with Crippen LogP contribution in [0.25, 0.3) is 0 Å². The first-order valence-electron chi connectivity index (χ1n) is 9.50. The Morgan fingerprint density at radius 3 is 2.43 bits per heavy atom. The molecule has 2 aromatic rings. The Morgan fingerprint density at radius 2 is 1.86 bits per heavy atom. The number of hydrogen-bond acceptors (Lipinski definition) is 3. The fourth-order valence-electron chi connectivity index (χ4n) is 2.96. The number of carbonyl (C=O) groups is 1. The van der Waals surface area contributed by atoms with Crippen LogP contribution in [-0.4, -0.2) is 40.7 Å². The molecule has 1 unspecified atom stereocenters. The molecule has 5 nitrogen and oxygen atoms in total. The highest BCUT2D eigenvalue weighted by atomic mass is 16.5. The van der Waals surface area contributed by atoms with Crippen LogP contribution in [0.15, 0.2) is 72.2 Å². The van der Waals surface area contributed by atoms with Gasteiger partial charge in [-0.25, -0.2) is 4.79 Å². The lowest BCUT2D eigenvalue weighted by atomic mass is 10.1. The Labute approximate surface area is 167 Å². The van der Waals surface area contributed by atoms with E-state index in [4.69, 9.17) is 4.74 Å². The molecule has 150 valence electrons. The second-order valence-corrected chi connectivity index (χ2v) is 6.87. The molecule has 0 bridgehead atoms. The van der Waals surface area contributed by atoms with Gasteiger partial charge in [-0.3, -0.25) is 0 Å². The van der Waals surface area contributed by atoms with Crippen LogP contribution in [0.2, 0.25) is 0 Å². The van der Waals surface area contributed by atoms with E-state index in [1.54, 1.807) is 17.0 Å². The van der Waals surface area contributed by atoms with Crippen LogP contribution in [-0.2, 0) is 11.2 Å². The average Bonchev–Trinajstić information content (AvgIpc) is 3.20. The van der Waals surface area contributed by atoms with Crippen molar-refractivity contribution in [1.29, 1.82) is 0 Å². The van der Waals surface area contributed by atoms with E-state index in [9.17, 15) is 9.90 Å². The summed E-state index contributed by atoms with van der Waals surface area (Å²) in [4.78, 5) is 13.7. The number of aliphatic carboxylic acids is 1. The van der Waals surface area contributed by atoms with E-state index in [1.807, 2.05) is 49.4 Å². The summed E-state index contributed by atoms with van der Waals surface area (Å²) in [5.74, 6) is -0.0482. The second kappa shape index (κ2) is 10.4. The van der Waals surface area contributed by atoms with Gasteiger partial charge in [0.15, 0.2) is 0 Å². The Kier molecular flexibility index (Phi) is 7.93. The molecule has 28 heavy (non-hydrogen) atoms. The molecule has 0 radical (unpaired) electrons. The van der Waals surface area contributed by atoms with Crippen LogP contribution >= 0.6 is 0 Å². The van der Waals surface area contributed by atoms with Crippen LogP contribution in [0, 0.1) is 0 Å². The number of aromatic nitrogens is 1. The van der Waals surface area contributed by atoms with E-state index in [0.717, 1.165) is 17.9 Å². The fraction of sp³-hybridized carbons (Fsp3) is 0.348. The normalized spacial score (nSPS) is 13.3. The number of likely N-dealkylation sites (N-methyl/N-ethyl adjacent to an activating group) is 1. The zero-order valence-corrected chi connectivity index (χ0v) is 17.1. The third-order valence-corrected chi connectivity index (χ3v) is 4.88. The van der Waals surface area contributed by atoms with E-state index in [0.29, 0.717) is 13.0 Å². The lowest BCUT2D eigenvalue weighted by Gasteiger charge is -2.21. The van der Waals surface area contributed by atoms with E-state index in [-0.39, 0.29) is 0 Å². The van der Waals surface area contributed by atoms with Gasteiger partial charge in [0.25, 0.3) is 0 Å². The molecule has 0 fully saturated rings. The molecule has 1 aromatic carbocycles. The van der Waals surface area contributed by atoms with Gasteiger partial charge in [-0.15, -0.1) is 0 Å². The molecule has 0 aliphatic rings. The first-order chi connectivity index (χ1) is 13.4. The summed E-state index contributed by atoms with van der Waals surface area (Å²) >= 11 is 0. The summed E-state index contributed by atoms with van der Waals surface area (Å²) in [6.45, 7) is 7.59. The van der Waals surface area contributed by atoms with Crippen molar-refractivity contribution in [1.82, 2.24) is 9.47 Å². The first kappa shape index (κ1) is 21.4. The van der Waals surface area contributed by atoms with Gasteiger partial charge in [-0.2, -0.15) is 0 Å². The van der Waals surface area contributed by atoms with Gasteiger partial charge in [0, 0.05) is 31.6 Å². The number of allylic oxidation sites excluding steroid dienone is 4. The number of carboxylic acids is 1. The molecule has 0 saturated heterocycles. The number of benzene rings is 1. The summed E-state index contributed by atoms with van der Waals surface area (Å²) in [5.41, 5.74) is 3.43. The van der Waals surface area contributed by atoms with Gasteiger partial charge < -0.3 is 19.3 Å². The molecular formula is C23H30N2O3. The van der Waals surface area contributed by atoms with Crippen molar-refractivity contribution in [3.8, 4) is 5.75 Å². The molecule has 5 heteroatoms. The minimum atomic E-state index is -0.837. The van der Waals surface area contributed by atoms with Crippen molar-refractivity contribution in [2.24, 2.45) is 0 Å². The second-order valence-electron chi connectivity index (χ2n) is 6.87. The van der Waals surface area contributed by atoms with E-state index in [2.05, 4.69) is 31.9 Å². The molecule has 0 aliphatic heterocycles. The SMILES string of the molecule is C/C=C\C(C)=C(\C)N(C)CCOc1ccc(CC(C(=O)O)n2cccc2)cc1. The standard InChI is InChI=1S/C23H30N2O3/c1-5-8-18(2)19(3)24(4)15-16-28-21-11-9-20(10-12-21)17-22(23(26)27)25-13-6-7-14-25/h5-14,22H,15-17H2,1-4H3,(H,26,27)/b8-5-,19-18-. The average molecular weight is 383 g/mol. The minimum absolute atomic E-state index is 0.432. The Morgan fingerprint density at radius 1 is 1.21 bits per heavy atom. The Bertz CT molecular complexity index is 805. The lowest BCUT2D eigenvalue weighted by molar-refractivity contribution is -0.140. The van der Waals surface area contributed by atoms with Gasteiger partial charge in [-0.1, -0.05) is 24.3 Å². The number of ether oxygens (including phenoxy) is 1. The number of hydrogen-bond donors (Lipinski definition) is 1. The van der Waals surface area contributed by atoms with Crippen molar-refractivity contribution < 1.29 is 14.6 Å². The maximum absolute atomic E-state index is 11.6. The molecule has 1 N–H and O–H groups in total. The van der Waals surface area contributed by atoms with Crippen molar-refractivity contribution >= 4 is 5.97 Å². The fourth-order valence-corrected chi connectivity index (χ4v) is 2.96. The smallest absolute Gasteiger partial charge is 0.327 e. The first-order valence-corrected chi connectivity index (χ1v) is 9.50. The summed E-state index contributed by atoms with van der Waals surface area (Å²) in [6, 6.07) is 10.7. The summed E-state index contributed by atoms with van der Waals surface area (Å²) in [7, 11) is 2.06. The van der Waals surface area contributed by atoms with Crippen molar-refractivity contribution in [3.63, 3.8) is 0 Å². The van der Waals surface area contributed by atoms with E-state index < -0.39 is 12.0 Å². The van der Waals surface area contributed by atoms with Gasteiger partial charge in [0.1, 0.15) is 18.4 Å². The zero-order valence-electron chi connectivity index (χ0n) is 17.1. The molecule has 2 rings (SSSR count). The molecule has 0 aliphatic carbocycles. The third-order valence-electron chi connectivity index (χ3n) is 4.88. The molecular weight excluding hydrogens is 352 g/mol. The predicted molar refractivity (Wildman–Crippen MR) is 113 cm³/mol. The Hall–Kier alpha value is -2.95. The highest BCUT2D eigenvalue weighted by Gasteiger charge is 2.19. The van der Waals surface area contributed by atoms with Gasteiger partial charge in [0.2, 0.25) is 0 Å². The summed E-state index contributed by atoms with van der Waals surface area (Å²) in [6.07, 6.45) is 8.13. The summed E-state index contributed by atoms with van der Waals surface area (Å²) < 4.78 is 7.56. The number of carboxylic acid groups (broad SMARTS) is 1. The van der Waals surface area contributed by atoms with Crippen LogP contribution in [0.1, 0.15) is 32.4 Å². The maximum Gasteiger partial charge on any atom is 0.327 e. The predicted octanol–water partition coefficient (Wildman–Crippen LogP) is 4.54. The molecule has 0 spiro atoms. The Balaban J connectivity index is 1.89. The monoisotopic (exact) mass is 382 g/mol. The number of nitrogens with zero attached hydrogens (tertiary/aromatic N) is 2. The molecule has 1 atom stereocenters. The molecule has 1 aromatic heterocycles. The van der Waals surface area contributed by atoms with Crippen molar-refractivity contribution in [2.75, 3.05) is 20.2 Å². The highest BCUT2D eigenvalue weighted by molar-refractivity contribution is 5.72. The maximum atomic E-state index is 11.6. The largest absolute Gasteiger partial charge is 0.492 e. The minimum Gasteiger partial charge on any atom is -0.492 e. The topological polar surface area (TPSA) is 54.7 Å². The van der Waals surface area contributed by atoms with Gasteiger partial charge >= 0.3 is 5.97 Å². The molecule has 0 amide bonds. The quantitative estimate of drug-likeness (QED) is 0.613. The molecule has 1 heterocycles.